The molecule has 0 radical (unpaired) electrons. The molecular formula is C16H19NS. The van der Waals surface area contributed by atoms with Crippen molar-refractivity contribution in [2.45, 2.75) is 36.1 Å². The summed E-state index contributed by atoms with van der Waals surface area (Å²) in [6, 6.07) is 17.2. The summed E-state index contributed by atoms with van der Waals surface area (Å²) in [4.78, 5) is 2.53. The molecule has 18 heavy (non-hydrogen) atoms. The summed E-state index contributed by atoms with van der Waals surface area (Å²) in [7, 11) is 0. The maximum atomic E-state index is 5.59. The summed E-state index contributed by atoms with van der Waals surface area (Å²) >= 11 is 1.79. The first-order valence-corrected chi connectivity index (χ1v) is 7.07. The quantitative estimate of drug-likeness (QED) is 0.877. The Kier molecular flexibility index (Phi) is 4.45. The van der Waals surface area contributed by atoms with E-state index in [4.69, 9.17) is 5.73 Å². The fourth-order valence-corrected chi connectivity index (χ4v) is 2.57. The molecule has 2 rings (SSSR count). The smallest absolute Gasteiger partial charge is 0.0178 e. The lowest BCUT2D eigenvalue weighted by Crippen LogP contribution is -1.94. The normalized spacial score (nSPS) is 10.9. The number of hydrogen-bond donors (Lipinski definition) is 1. The van der Waals surface area contributed by atoms with Gasteiger partial charge in [-0.2, -0.15) is 0 Å². The first kappa shape index (κ1) is 13.2. The molecule has 0 aliphatic carbocycles. The number of hydrogen-bond acceptors (Lipinski definition) is 2. The van der Waals surface area contributed by atoms with Crippen molar-refractivity contribution in [3.8, 4) is 0 Å². The molecule has 2 aromatic carbocycles. The highest BCUT2D eigenvalue weighted by Crippen LogP contribution is 2.28. The van der Waals surface area contributed by atoms with Crippen molar-refractivity contribution in [3.05, 3.63) is 59.7 Å². The minimum absolute atomic E-state index is 0.591. The van der Waals surface area contributed by atoms with Gasteiger partial charge in [-0.15, -0.1) is 0 Å². The molecule has 1 nitrogen and oxygen atoms in total. The van der Waals surface area contributed by atoms with E-state index < -0.39 is 0 Å². The van der Waals surface area contributed by atoms with Crippen LogP contribution in [0, 0.1) is 0 Å². The Balaban J connectivity index is 2.08. The Morgan fingerprint density at radius 2 is 1.39 bits per heavy atom. The van der Waals surface area contributed by atoms with E-state index in [0.717, 1.165) is 0 Å². The lowest BCUT2D eigenvalue weighted by molar-refractivity contribution is 0.865. The van der Waals surface area contributed by atoms with E-state index in [0.29, 0.717) is 12.5 Å². The minimum Gasteiger partial charge on any atom is -0.326 e. The van der Waals surface area contributed by atoms with Crippen LogP contribution in [0.15, 0.2) is 58.3 Å². The highest BCUT2D eigenvalue weighted by atomic mass is 32.2. The zero-order valence-corrected chi connectivity index (χ0v) is 11.7. The Morgan fingerprint density at radius 3 is 1.83 bits per heavy atom. The molecule has 0 atom stereocenters. The van der Waals surface area contributed by atoms with Gasteiger partial charge in [0.1, 0.15) is 0 Å². The van der Waals surface area contributed by atoms with Crippen LogP contribution in [0.25, 0.3) is 0 Å². The fraction of sp³-hybridized carbons (Fsp3) is 0.250. The van der Waals surface area contributed by atoms with Crippen molar-refractivity contribution in [2.75, 3.05) is 0 Å². The van der Waals surface area contributed by atoms with Crippen LogP contribution in [0.2, 0.25) is 0 Å². The first-order chi connectivity index (χ1) is 8.69. The third kappa shape index (κ3) is 3.37. The van der Waals surface area contributed by atoms with Crippen LogP contribution in [-0.2, 0) is 6.54 Å². The lowest BCUT2D eigenvalue weighted by Gasteiger charge is -2.07. The molecule has 94 valence electrons. The van der Waals surface area contributed by atoms with Crippen LogP contribution in [0.3, 0.4) is 0 Å². The first-order valence-electron chi connectivity index (χ1n) is 6.26. The van der Waals surface area contributed by atoms with Gasteiger partial charge in [-0.1, -0.05) is 49.9 Å². The second-order valence-electron chi connectivity index (χ2n) is 4.67. The molecule has 0 aromatic heterocycles. The summed E-state index contributed by atoms with van der Waals surface area (Å²) in [5.74, 6) is 0.591. The van der Waals surface area contributed by atoms with Crippen molar-refractivity contribution in [3.63, 3.8) is 0 Å². The van der Waals surface area contributed by atoms with Gasteiger partial charge in [0, 0.05) is 16.3 Å². The number of rotatable bonds is 4. The number of benzene rings is 2. The summed E-state index contributed by atoms with van der Waals surface area (Å²) in [6.45, 7) is 5.04. The molecule has 0 amide bonds. The largest absolute Gasteiger partial charge is 0.326 e. The SMILES string of the molecule is CC(C)c1ccc(Sc2ccc(CN)cc2)cc1. The third-order valence-corrected chi connectivity index (χ3v) is 3.96. The van der Waals surface area contributed by atoms with Crippen molar-refractivity contribution in [2.24, 2.45) is 5.73 Å². The Hall–Kier alpha value is -1.25. The zero-order valence-electron chi connectivity index (χ0n) is 10.9. The van der Waals surface area contributed by atoms with E-state index in [1.165, 1.54) is 20.9 Å². The molecule has 2 N–H and O–H groups in total. The standard InChI is InChI=1S/C16H19NS/c1-12(2)14-5-9-16(10-6-14)18-15-7-3-13(11-17)4-8-15/h3-10,12H,11,17H2,1-2H3. The van der Waals surface area contributed by atoms with Crippen LogP contribution in [0.5, 0.6) is 0 Å². The van der Waals surface area contributed by atoms with E-state index in [2.05, 4.69) is 62.4 Å². The van der Waals surface area contributed by atoms with Crippen LogP contribution in [0.1, 0.15) is 30.9 Å². The second kappa shape index (κ2) is 6.07. The molecule has 0 saturated carbocycles. The second-order valence-corrected chi connectivity index (χ2v) is 5.82. The van der Waals surface area contributed by atoms with Gasteiger partial charge in [0.05, 0.1) is 0 Å². The van der Waals surface area contributed by atoms with E-state index in [-0.39, 0.29) is 0 Å². The van der Waals surface area contributed by atoms with Gasteiger partial charge in [-0.25, -0.2) is 0 Å². The van der Waals surface area contributed by atoms with Gasteiger partial charge in [0.2, 0.25) is 0 Å². The van der Waals surface area contributed by atoms with Gasteiger partial charge in [0.25, 0.3) is 0 Å². The highest BCUT2D eigenvalue weighted by molar-refractivity contribution is 7.99. The average Bonchev–Trinajstić information content (AvgIpc) is 2.40. The molecule has 0 aliphatic heterocycles. The fourth-order valence-electron chi connectivity index (χ4n) is 1.75. The Labute approximate surface area is 113 Å². The molecule has 0 fully saturated rings. The maximum Gasteiger partial charge on any atom is 0.0178 e. The van der Waals surface area contributed by atoms with Gasteiger partial charge in [-0.3, -0.25) is 0 Å². The van der Waals surface area contributed by atoms with Crippen molar-refractivity contribution < 1.29 is 0 Å². The van der Waals surface area contributed by atoms with E-state index in [1.807, 2.05) is 0 Å². The predicted molar refractivity (Wildman–Crippen MR) is 79.0 cm³/mol. The topological polar surface area (TPSA) is 26.0 Å². The molecular weight excluding hydrogens is 238 g/mol. The molecule has 2 heteroatoms. The van der Waals surface area contributed by atoms with E-state index in [9.17, 15) is 0 Å². The summed E-state index contributed by atoms with van der Waals surface area (Å²) in [6.07, 6.45) is 0. The summed E-state index contributed by atoms with van der Waals surface area (Å²) < 4.78 is 0. The highest BCUT2D eigenvalue weighted by Gasteiger charge is 2.01. The molecule has 0 saturated heterocycles. The van der Waals surface area contributed by atoms with Gasteiger partial charge >= 0.3 is 0 Å². The predicted octanol–water partition coefficient (Wildman–Crippen LogP) is 4.42. The molecule has 0 heterocycles. The van der Waals surface area contributed by atoms with Crippen LogP contribution >= 0.6 is 11.8 Å². The van der Waals surface area contributed by atoms with E-state index in [1.54, 1.807) is 11.8 Å². The van der Waals surface area contributed by atoms with Crippen molar-refractivity contribution >= 4 is 11.8 Å². The molecule has 2 aromatic rings. The molecule has 0 aliphatic rings. The summed E-state index contributed by atoms with van der Waals surface area (Å²) in [5, 5.41) is 0. The van der Waals surface area contributed by atoms with Crippen molar-refractivity contribution in [1.82, 2.24) is 0 Å². The maximum absolute atomic E-state index is 5.59. The van der Waals surface area contributed by atoms with Crippen LogP contribution < -0.4 is 5.73 Å². The monoisotopic (exact) mass is 257 g/mol. The summed E-state index contributed by atoms with van der Waals surface area (Å²) in [5.41, 5.74) is 8.15. The molecule has 0 spiro atoms. The van der Waals surface area contributed by atoms with Gasteiger partial charge in [0.15, 0.2) is 0 Å². The Bertz CT molecular complexity index is 486. The lowest BCUT2D eigenvalue weighted by atomic mass is 10.0. The third-order valence-electron chi connectivity index (χ3n) is 2.94. The van der Waals surface area contributed by atoms with E-state index >= 15 is 0 Å². The zero-order chi connectivity index (χ0) is 13.0. The molecule has 0 bridgehead atoms. The number of nitrogens with two attached hydrogens (primary N) is 1. The van der Waals surface area contributed by atoms with Crippen LogP contribution in [0.4, 0.5) is 0 Å². The Morgan fingerprint density at radius 1 is 0.889 bits per heavy atom. The average molecular weight is 257 g/mol. The minimum atomic E-state index is 0.591. The van der Waals surface area contributed by atoms with Crippen molar-refractivity contribution in [1.29, 1.82) is 0 Å². The van der Waals surface area contributed by atoms with Gasteiger partial charge in [-0.05, 0) is 41.3 Å². The molecule has 0 unspecified atom stereocenters. The van der Waals surface area contributed by atoms with Crippen LogP contribution in [-0.4, -0.2) is 0 Å². The van der Waals surface area contributed by atoms with Gasteiger partial charge < -0.3 is 5.73 Å².